The summed E-state index contributed by atoms with van der Waals surface area (Å²) in [5.74, 6) is -3.35. The molecule has 3 aromatic rings. The van der Waals surface area contributed by atoms with Crippen molar-refractivity contribution in [2.24, 2.45) is 4.99 Å². The second kappa shape index (κ2) is 8.34. The van der Waals surface area contributed by atoms with Gasteiger partial charge in [0.25, 0.3) is 0 Å². The summed E-state index contributed by atoms with van der Waals surface area (Å²) in [6.07, 6.45) is 1.17. The van der Waals surface area contributed by atoms with Crippen LogP contribution in [0.5, 0.6) is 5.75 Å². The molecule has 0 saturated heterocycles. The Morgan fingerprint density at radius 2 is 1.53 bits per heavy atom. The van der Waals surface area contributed by atoms with Gasteiger partial charge < -0.3 is 5.11 Å². The quantitative estimate of drug-likeness (QED) is 0.460. The molecule has 0 fully saturated rings. The SMILES string of the molecule is CC(c1ccc(C(C)(C)C)cc1)c1cccc(C=Nc2c(F)cc(F)cc2F)c1O. The number of halogens is 3. The number of rotatable bonds is 4. The van der Waals surface area contributed by atoms with E-state index in [-0.39, 0.29) is 17.1 Å². The van der Waals surface area contributed by atoms with Crippen LogP contribution in [0.2, 0.25) is 0 Å². The predicted octanol–water partition coefficient (Wildman–Crippen LogP) is 7.01. The molecule has 0 bridgehead atoms. The first-order chi connectivity index (χ1) is 14.1. The highest BCUT2D eigenvalue weighted by Gasteiger charge is 2.18. The second-order valence-corrected chi connectivity index (χ2v) is 8.36. The first kappa shape index (κ1) is 21.6. The van der Waals surface area contributed by atoms with E-state index in [9.17, 15) is 18.3 Å². The fraction of sp³-hybridized carbons (Fsp3) is 0.240. The van der Waals surface area contributed by atoms with Gasteiger partial charge >= 0.3 is 0 Å². The molecule has 0 aromatic heterocycles. The number of hydrogen-bond acceptors (Lipinski definition) is 2. The van der Waals surface area contributed by atoms with Crippen LogP contribution in [0.25, 0.3) is 0 Å². The monoisotopic (exact) mass is 411 g/mol. The van der Waals surface area contributed by atoms with Crippen LogP contribution in [0.15, 0.2) is 59.6 Å². The lowest BCUT2D eigenvalue weighted by Gasteiger charge is -2.21. The van der Waals surface area contributed by atoms with Gasteiger partial charge in [-0.3, -0.25) is 0 Å². The third-order valence-electron chi connectivity index (χ3n) is 5.16. The zero-order valence-electron chi connectivity index (χ0n) is 17.4. The smallest absolute Gasteiger partial charge is 0.154 e. The number of phenols is 1. The summed E-state index contributed by atoms with van der Waals surface area (Å²) < 4.78 is 40.7. The number of hydrogen-bond donors (Lipinski definition) is 1. The van der Waals surface area contributed by atoms with Crippen LogP contribution in [-0.4, -0.2) is 11.3 Å². The highest BCUT2D eigenvalue weighted by Crippen LogP contribution is 2.34. The van der Waals surface area contributed by atoms with Gasteiger partial charge in [-0.05, 0) is 22.6 Å². The highest BCUT2D eigenvalue weighted by atomic mass is 19.1. The predicted molar refractivity (Wildman–Crippen MR) is 114 cm³/mol. The van der Waals surface area contributed by atoms with Crippen LogP contribution in [0.4, 0.5) is 18.9 Å². The van der Waals surface area contributed by atoms with E-state index in [0.717, 1.165) is 5.56 Å². The summed E-state index contributed by atoms with van der Waals surface area (Å²) in [6, 6.07) is 14.5. The van der Waals surface area contributed by atoms with Crippen LogP contribution >= 0.6 is 0 Å². The molecule has 0 aliphatic carbocycles. The molecule has 0 radical (unpaired) electrons. The Morgan fingerprint density at radius 1 is 0.933 bits per heavy atom. The summed E-state index contributed by atoms with van der Waals surface area (Å²) in [7, 11) is 0. The molecule has 1 atom stereocenters. The van der Waals surface area contributed by atoms with Crippen molar-refractivity contribution in [2.75, 3.05) is 0 Å². The van der Waals surface area contributed by atoms with Crippen molar-refractivity contribution in [1.82, 2.24) is 0 Å². The molecule has 0 heterocycles. The van der Waals surface area contributed by atoms with Gasteiger partial charge in [0, 0.05) is 35.4 Å². The molecule has 1 N–H and O–H groups in total. The molecule has 0 spiro atoms. The molecular weight excluding hydrogens is 387 g/mol. The maximum atomic E-state index is 13.8. The Labute approximate surface area is 174 Å². The van der Waals surface area contributed by atoms with Crippen LogP contribution < -0.4 is 0 Å². The summed E-state index contributed by atoms with van der Waals surface area (Å²) in [6.45, 7) is 8.41. The first-order valence-electron chi connectivity index (χ1n) is 9.69. The van der Waals surface area contributed by atoms with Crippen molar-refractivity contribution in [3.8, 4) is 5.75 Å². The van der Waals surface area contributed by atoms with E-state index in [4.69, 9.17) is 0 Å². The zero-order chi connectivity index (χ0) is 22.1. The number of nitrogens with zero attached hydrogens (tertiary/aromatic N) is 1. The molecule has 30 heavy (non-hydrogen) atoms. The molecule has 2 nitrogen and oxygen atoms in total. The number of aromatic hydroxyl groups is 1. The molecule has 1 unspecified atom stereocenters. The van der Waals surface area contributed by atoms with Gasteiger partial charge in [0.15, 0.2) is 11.6 Å². The van der Waals surface area contributed by atoms with Gasteiger partial charge in [-0.2, -0.15) is 0 Å². The lowest BCUT2D eigenvalue weighted by Crippen LogP contribution is -2.11. The topological polar surface area (TPSA) is 32.6 Å². The molecule has 0 aliphatic heterocycles. The fourth-order valence-electron chi connectivity index (χ4n) is 3.28. The van der Waals surface area contributed by atoms with Crippen LogP contribution in [0, 0.1) is 17.5 Å². The Bertz CT molecular complexity index is 1060. The van der Waals surface area contributed by atoms with E-state index >= 15 is 0 Å². The second-order valence-electron chi connectivity index (χ2n) is 8.36. The van der Waals surface area contributed by atoms with E-state index in [1.54, 1.807) is 18.2 Å². The van der Waals surface area contributed by atoms with E-state index in [1.807, 2.05) is 19.1 Å². The lowest BCUT2D eigenvalue weighted by molar-refractivity contribution is 0.465. The number of para-hydroxylation sites is 1. The summed E-state index contributed by atoms with van der Waals surface area (Å²) in [4.78, 5) is 3.79. The maximum Gasteiger partial charge on any atom is 0.154 e. The van der Waals surface area contributed by atoms with E-state index < -0.39 is 23.1 Å². The molecule has 156 valence electrons. The average molecular weight is 411 g/mol. The summed E-state index contributed by atoms with van der Waals surface area (Å²) in [5, 5.41) is 10.7. The number of aliphatic imine (C=N–C) groups is 1. The Balaban J connectivity index is 1.91. The normalized spacial score (nSPS) is 13.0. The third kappa shape index (κ3) is 4.56. The molecule has 3 aromatic carbocycles. The number of phenolic OH excluding ortho intramolecular Hbond substituents is 1. The van der Waals surface area contributed by atoms with Crippen molar-refractivity contribution in [2.45, 2.75) is 39.0 Å². The Morgan fingerprint density at radius 3 is 2.10 bits per heavy atom. The van der Waals surface area contributed by atoms with Gasteiger partial charge in [0.2, 0.25) is 0 Å². The minimum absolute atomic E-state index is 0.0171. The molecule has 3 rings (SSSR count). The highest BCUT2D eigenvalue weighted by molar-refractivity contribution is 5.86. The van der Waals surface area contributed by atoms with Crippen LogP contribution in [0.3, 0.4) is 0 Å². The number of benzene rings is 3. The van der Waals surface area contributed by atoms with Gasteiger partial charge in [-0.1, -0.05) is 64.1 Å². The minimum Gasteiger partial charge on any atom is -0.507 e. The van der Waals surface area contributed by atoms with E-state index in [1.165, 1.54) is 11.8 Å². The van der Waals surface area contributed by atoms with Crippen LogP contribution in [0.1, 0.15) is 55.9 Å². The van der Waals surface area contributed by atoms with Gasteiger partial charge in [0.05, 0.1) is 0 Å². The first-order valence-corrected chi connectivity index (χ1v) is 9.69. The molecular formula is C25H24F3NO. The van der Waals surface area contributed by atoms with Gasteiger partial charge in [0.1, 0.15) is 17.3 Å². The molecule has 0 aliphatic rings. The fourth-order valence-corrected chi connectivity index (χ4v) is 3.28. The van der Waals surface area contributed by atoms with E-state index in [2.05, 4.69) is 37.9 Å². The minimum atomic E-state index is -1.10. The van der Waals surface area contributed by atoms with Crippen molar-refractivity contribution in [1.29, 1.82) is 0 Å². The van der Waals surface area contributed by atoms with Crippen molar-refractivity contribution >= 4 is 11.9 Å². The van der Waals surface area contributed by atoms with Gasteiger partial charge in [-0.25, -0.2) is 18.2 Å². The van der Waals surface area contributed by atoms with Gasteiger partial charge in [-0.15, -0.1) is 0 Å². The molecule has 5 heteroatoms. The summed E-state index contributed by atoms with van der Waals surface area (Å²) in [5.41, 5.74) is 2.67. The van der Waals surface area contributed by atoms with E-state index in [0.29, 0.717) is 23.3 Å². The molecule has 0 amide bonds. The average Bonchev–Trinajstić information content (AvgIpc) is 2.67. The van der Waals surface area contributed by atoms with Crippen molar-refractivity contribution < 1.29 is 18.3 Å². The largest absolute Gasteiger partial charge is 0.507 e. The van der Waals surface area contributed by atoms with Crippen molar-refractivity contribution in [3.05, 3.63) is 94.3 Å². The Hall–Kier alpha value is -3.08. The Kier molecular flexibility index (Phi) is 6.01. The third-order valence-corrected chi connectivity index (χ3v) is 5.16. The lowest BCUT2D eigenvalue weighted by atomic mass is 9.84. The molecule has 0 saturated carbocycles. The maximum absolute atomic E-state index is 13.8. The van der Waals surface area contributed by atoms with Crippen LogP contribution in [-0.2, 0) is 5.41 Å². The summed E-state index contributed by atoms with van der Waals surface area (Å²) >= 11 is 0. The standard InChI is InChI=1S/C25H24F3NO/c1-15(16-8-10-18(11-9-16)25(2,3)4)20-7-5-6-17(24(20)30)14-29-23-21(27)12-19(26)13-22(23)28/h5-15,30H,1-4H3. The zero-order valence-corrected chi connectivity index (χ0v) is 17.4. The van der Waals surface area contributed by atoms with Crippen molar-refractivity contribution in [3.63, 3.8) is 0 Å².